The molecule has 3 nitrogen and oxygen atoms in total. The lowest BCUT2D eigenvalue weighted by Gasteiger charge is -2.11. The Labute approximate surface area is 108 Å². The predicted molar refractivity (Wildman–Crippen MR) is 70.7 cm³/mol. The van der Waals surface area contributed by atoms with Crippen LogP contribution in [0.5, 0.6) is 0 Å². The summed E-state index contributed by atoms with van der Waals surface area (Å²) < 4.78 is 5.37. The quantitative estimate of drug-likeness (QED) is 0.643. The van der Waals surface area contributed by atoms with Gasteiger partial charge >= 0.3 is 0 Å². The van der Waals surface area contributed by atoms with Gasteiger partial charge in [-0.15, -0.1) is 0 Å². The Morgan fingerprint density at radius 2 is 2.44 bits per heavy atom. The van der Waals surface area contributed by atoms with Crippen molar-refractivity contribution in [1.82, 2.24) is 5.32 Å². The third-order valence-electron chi connectivity index (χ3n) is 2.81. The number of aliphatic hydroxyl groups excluding tert-OH is 1. The molecule has 96 valence electrons. The fourth-order valence-corrected chi connectivity index (χ4v) is 1.57. The van der Waals surface area contributed by atoms with Crippen molar-refractivity contribution in [2.75, 3.05) is 13.2 Å². The van der Waals surface area contributed by atoms with Crippen molar-refractivity contribution in [3.05, 3.63) is 47.7 Å². The molecule has 0 saturated heterocycles. The van der Waals surface area contributed by atoms with Crippen LogP contribution < -0.4 is 5.32 Å². The number of rotatable bonds is 8. The minimum Gasteiger partial charge on any atom is -0.483 e. The molecule has 3 heteroatoms. The third kappa shape index (κ3) is 5.11. The molecule has 0 aliphatic heterocycles. The molecule has 1 unspecified atom stereocenters. The third-order valence-corrected chi connectivity index (χ3v) is 2.81. The van der Waals surface area contributed by atoms with Crippen LogP contribution in [0.3, 0.4) is 0 Å². The topological polar surface area (TPSA) is 41.5 Å². The molecule has 2 rings (SSSR count). The maximum atomic E-state index is 9.69. The summed E-state index contributed by atoms with van der Waals surface area (Å²) in [6.45, 7) is 0.759. The van der Waals surface area contributed by atoms with Crippen molar-refractivity contribution in [2.24, 2.45) is 5.92 Å². The average Bonchev–Trinajstić information content (AvgIpc) is 3.21. The average molecular weight is 245 g/mol. The zero-order valence-corrected chi connectivity index (χ0v) is 10.4. The number of hydrogen-bond donors (Lipinski definition) is 2. The van der Waals surface area contributed by atoms with E-state index in [2.05, 4.69) is 22.9 Å². The van der Waals surface area contributed by atoms with Crippen molar-refractivity contribution in [2.45, 2.75) is 25.4 Å². The van der Waals surface area contributed by atoms with Crippen LogP contribution in [0.1, 0.15) is 19.3 Å². The fraction of sp³-hybridized carbons (Fsp3) is 0.467. The summed E-state index contributed by atoms with van der Waals surface area (Å²) in [4.78, 5) is 0. The van der Waals surface area contributed by atoms with Gasteiger partial charge in [0.2, 0.25) is 0 Å². The Morgan fingerprint density at radius 3 is 3.17 bits per heavy atom. The van der Waals surface area contributed by atoms with Gasteiger partial charge in [0.05, 0.1) is 0 Å². The molecule has 0 aromatic carbocycles. The summed E-state index contributed by atoms with van der Waals surface area (Å²) in [6.07, 6.45) is 12.8. The SMILES string of the molecule is OC(CNC=CCC1CC1)COC1=C=C=CC=C1. The second kappa shape index (κ2) is 6.93. The highest BCUT2D eigenvalue weighted by Gasteiger charge is 2.18. The monoisotopic (exact) mass is 245 g/mol. The Hall–Kier alpha value is -1.66. The zero-order valence-electron chi connectivity index (χ0n) is 10.4. The van der Waals surface area contributed by atoms with E-state index in [1.54, 1.807) is 12.2 Å². The van der Waals surface area contributed by atoms with Crippen LogP contribution in [0.4, 0.5) is 0 Å². The number of hydrogen-bond acceptors (Lipinski definition) is 3. The van der Waals surface area contributed by atoms with Crippen molar-refractivity contribution in [3.8, 4) is 0 Å². The summed E-state index contributed by atoms with van der Waals surface area (Å²) in [5.74, 6) is 1.52. The highest BCUT2D eigenvalue weighted by atomic mass is 16.5. The Bertz CT molecular complexity index is 420. The molecule has 2 aliphatic rings. The lowest BCUT2D eigenvalue weighted by molar-refractivity contribution is 0.0778. The summed E-state index contributed by atoms with van der Waals surface area (Å²) in [6, 6.07) is 0. The first-order valence-electron chi connectivity index (χ1n) is 6.42. The van der Waals surface area contributed by atoms with Gasteiger partial charge in [0.25, 0.3) is 0 Å². The fourth-order valence-electron chi connectivity index (χ4n) is 1.57. The molecule has 18 heavy (non-hydrogen) atoms. The van der Waals surface area contributed by atoms with Gasteiger partial charge in [0.15, 0.2) is 5.76 Å². The Morgan fingerprint density at radius 1 is 1.56 bits per heavy atom. The molecule has 0 amide bonds. The van der Waals surface area contributed by atoms with Crippen LogP contribution in [0, 0.1) is 5.92 Å². The predicted octanol–water partition coefficient (Wildman–Crippen LogP) is 2.03. The molecule has 1 fully saturated rings. The smallest absolute Gasteiger partial charge is 0.170 e. The molecule has 1 saturated carbocycles. The lowest BCUT2D eigenvalue weighted by Crippen LogP contribution is -2.27. The van der Waals surface area contributed by atoms with E-state index in [-0.39, 0.29) is 6.61 Å². The van der Waals surface area contributed by atoms with E-state index >= 15 is 0 Å². The van der Waals surface area contributed by atoms with Crippen molar-refractivity contribution >= 4 is 0 Å². The number of aliphatic hydroxyl groups is 1. The van der Waals surface area contributed by atoms with Crippen molar-refractivity contribution in [3.63, 3.8) is 0 Å². The van der Waals surface area contributed by atoms with Gasteiger partial charge in [-0.25, -0.2) is 0 Å². The molecular weight excluding hydrogens is 226 g/mol. The van der Waals surface area contributed by atoms with Crippen molar-refractivity contribution < 1.29 is 9.84 Å². The van der Waals surface area contributed by atoms with E-state index in [9.17, 15) is 5.11 Å². The van der Waals surface area contributed by atoms with Gasteiger partial charge < -0.3 is 15.2 Å². The molecule has 2 aliphatic carbocycles. The molecule has 0 heterocycles. The highest BCUT2D eigenvalue weighted by Crippen LogP contribution is 2.32. The Kier molecular flexibility index (Phi) is 4.92. The second-order valence-electron chi connectivity index (χ2n) is 4.61. The zero-order chi connectivity index (χ0) is 12.6. The van der Waals surface area contributed by atoms with Crippen LogP contribution in [0.25, 0.3) is 0 Å². The Balaban J connectivity index is 1.55. The number of nitrogens with one attached hydrogen (secondary N) is 1. The molecule has 0 bridgehead atoms. The maximum absolute atomic E-state index is 9.69. The summed E-state index contributed by atoms with van der Waals surface area (Å²) in [5, 5.41) is 12.8. The first-order chi connectivity index (χ1) is 8.84. The van der Waals surface area contributed by atoms with Gasteiger partial charge in [0, 0.05) is 6.54 Å². The van der Waals surface area contributed by atoms with Crippen LogP contribution in [0.2, 0.25) is 0 Å². The van der Waals surface area contributed by atoms with Gasteiger partial charge in [-0.05, 0) is 55.3 Å². The number of allylic oxidation sites excluding steroid dienone is 4. The largest absolute Gasteiger partial charge is 0.483 e. The summed E-state index contributed by atoms with van der Waals surface area (Å²) in [7, 11) is 0. The van der Waals surface area contributed by atoms with E-state index in [0.717, 1.165) is 12.3 Å². The highest BCUT2D eigenvalue weighted by molar-refractivity contribution is 5.21. The molecule has 0 spiro atoms. The van der Waals surface area contributed by atoms with E-state index in [1.165, 1.54) is 12.8 Å². The number of ether oxygens (including phenoxy) is 1. The van der Waals surface area contributed by atoms with Gasteiger partial charge in [-0.3, -0.25) is 0 Å². The van der Waals surface area contributed by atoms with E-state index in [4.69, 9.17) is 4.74 Å². The minimum atomic E-state index is -0.524. The molecule has 0 aromatic rings. The maximum Gasteiger partial charge on any atom is 0.170 e. The van der Waals surface area contributed by atoms with E-state index in [0.29, 0.717) is 12.3 Å². The van der Waals surface area contributed by atoms with E-state index < -0.39 is 6.10 Å². The van der Waals surface area contributed by atoms with Crippen molar-refractivity contribution in [1.29, 1.82) is 0 Å². The standard InChI is InChI=1S/C15H19NO2/c17-14(11-16-10-4-5-13-8-9-13)12-18-15-6-2-1-3-7-15/h1-2,4,6,10,13-14,16-17H,5,8-9,11-12H2. The van der Waals surface area contributed by atoms with Crippen LogP contribution in [-0.4, -0.2) is 24.4 Å². The normalized spacial score (nSPS) is 19.1. The van der Waals surface area contributed by atoms with Crippen LogP contribution in [-0.2, 0) is 4.74 Å². The summed E-state index contributed by atoms with van der Waals surface area (Å²) >= 11 is 0. The van der Waals surface area contributed by atoms with Gasteiger partial charge in [0.1, 0.15) is 12.7 Å². The van der Waals surface area contributed by atoms with Crippen LogP contribution >= 0.6 is 0 Å². The van der Waals surface area contributed by atoms with Crippen LogP contribution in [0.15, 0.2) is 47.7 Å². The lowest BCUT2D eigenvalue weighted by atomic mass is 10.3. The molecular formula is C15H19NO2. The first kappa shape index (κ1) is 12.8. The summed E-state index contributed by atoms with van der Waals surface area (Å²) in [5.41, 5.74) is 5.63. The van der Waals surface area contributed by atoms with Gasteiger partial charge in [-0.2, -0.15) is 0 Å². The molecule has 1 atom stereocenters. The second-order valence-corrected chi connectivity index (χ2v) is 4.61. The molecule has 0 radical (unpaired) electrons. The minimum absolute atomic E-state index is 0.262. The molecule has 2 N–H and O–H groups in total. The van der Waals surface area contributed by atoms with Gasteiger partial charge in [-0.1, -0.05) is 11.8 Å². The van der Waals surface area contributed by atoms with E-state index in [1.807, 2.05) is 12.3 Å². The first-order valence-corrected chi connectivity index (χ1v) is 6.42. The molecule has 0 aromatic heterocycles.